The fraction of sp³-hybridized carbons (Fsp3) is 0.235. The lowest BCUT2D eigenvalue weighted by molar-refractivity contribution is -0.121. The van der Waals surface area contributed by atoms with Crippen molar-refractivity contribution < 1.29 is 9.90 Å². The van der Waals surface area contributed by atoms with E-state index < -0.39 is 0 Å². The first-order valence-corrected chi connectivity index (χ1v) is 6.94. The highest BCUT2D eigenvalue weighted by Crippen LogP contribution is 2.20. The molecular weight excluding hydrogens is 264 g/mol. The first-order chi connectivity index (χ1) is 10.0. The number of nitrogen functional groups attached to an aromatic ring is 1. The monoisotopic (exact) mass is 284 g/mol. The van der Waals surface area contributed by atoms with Crippen molar-refractivity contribution in [2.45, 2.75) is 25.8 Å². The zero-order valence-electron chi connectivity index (χ0n) is 12.0. The van der Waals surface area contributed by atoms with Crippen molar-refractivity contribution >= 4 is 11.6 Å². The molecular formula is C17H20N2O2. The molecule has 1 atom stereocenters. The summed E-state index contributed by atoms with van der Waals surface area (Å²) in [5.41, 5.74) is 8.44. The summed E-state index contributed by atoms with van der Waals surface area (Å²) in [4.78, 5) is 11.9. The fourth-order valence-electron chi connectivity index (χ4n) is 2.11. The van der Waals surface area contributed by atoms with E-state index in [0.717, 1.165) is 16.8 Å². The molecule has 0 spiro atoms. The lowest BCUT2D eigenvalue weighted by Gasteiger charge is -2.12. The van der Waals surface area contributed by atoms with E-state index in [4.69, 9.17) is 5.73 Å². The fourth-order valence-corrected chi connectivity index (χ4v) is 2.11. The molecule has 1 amide bonds. The van der Waals surface area contributed by atoms with Crippen molar-refractivity contribution in [2.75, 3.05) is 5.73 Å². The van der Waals surface area contributed by atoms with Gasteiger partial charge in [-0.15, -0.1) is 0 Å². The Labute approximate surface area is 124 Å². The van der Waals surface area contributed by atoms with Crippen LogP contribution in [0.5, 0.6) is 5.75 Å². The second-order valence-electron chi connectivity index (χ2n) is 5.22. The Bertz CT molecular complexity index is 591. The van der Waals surface area contributed by atoms with Crippen LogP contribution in [-0.4, -0.2) is 11.0 Å². The minimum Gasteiger partial charge on any atom is -0.508 e. The molecule has 0 aliphatic carbocycles. The summed E-state index contributed by atoms with van der Waals surface area (Å²) >= 11 is 0. The molecule has 2 rings (SSSR count). The molecule has 0 heterocycles. The Morgan fingerprint density at radius 3 is 2.38 bits per heavy atom. The van der Waals surface area contributed by atoms with E-state index in [0.29, 0.717) is 13.0 Å². The minimum atomic E-state index is 0.00685. The number of carbonyl (C=O) groups is 1. The molecule has 0 aromatic heterocycles. The minimum absolute atomic E-state index is 0.00685. The molecule has 4 N–H and O–H groups in total. The van der Waals surface area contributed by atoms with Crippen molar-refractivity contribution in [2.24, 2.45) is 0 Å². The third-order valence-corrected chi connectivity index (χ3v) is 3.42. The van der Waals surface area contributed by atoms with E-state index in [-0.39, 0.29) is 17.6 Å². The van der Waals surface area contributed by atoms with Gasteiger partial charge in [0.2, 0.25) is 5.91 Å². The van der Waals surface area contributed by atoms with Gasteiger partial charge in [-0.05, 0) is 41.3 Å². The Morgan fingerprint density at radius 2 is 1.76 bits per heavy atom. The maximum absolute atomic E-state index is 11.9. The molecule has 2 aromatic carbocycles. The maximum atomic E-state index is 11.9. The number of phenols is 1. The number of phenolic OH excluding ortho intramolecular Hbond substituents is 1. The van der Waals surface area contributed by atoms with Crippen LogP contribution in [0.4, 0.5) is 5.69 Å². The van der Waals surface area contributed by atoms with Crippen LogP contribution in [-0.2, 0) is 11.3 Å². The summed E-state index contributed by atoms with van der Waals surface area (Å²) in [6.07, 6.45) is 0.433. The molecule has 0 aliphatic heterocycles. The van der Waals surface area contributed by atoms with Crippen molar-refractivity contribution in [1.82, 2.24) is 5.32 Å². The summed E-state index contributed by atoms with van der Waals surface area (Å²) in [5, 5.41) is 12.1. The van der Waals surface area contributed by atoms with Crippen LogP contribution >= 0.6 is 0 Å². The normalized spacial score (nSPS) is 11.9. The van der Waals surface area contributed by atoms with Crippen LogP contribution in [0.1, 0.15) is 30.4 Å². The van der Waals surface area contributed by atoms with Gasteiger partial charge in [-0.3, -0.25) is 4.79 Å². The van der Waals surface area contributed by atoms with Gasteiger partial charge < -0.3 is 16.2 Å². The molecule has 4 nitrogen and oxygen atoms in total. The number of benzene rings is 2. The van der Waals surface area contributed by atoms with Gasteiger partial charge >= 0.3 is 0 Å². The van der Waals surface area contributed by atoms with Gasteiger partial charge in [0.15, 0.2) is 0 Å². The first kappa shape index (κ1) is 14.9. The Morgan fingerprint density at radius 1 is 1.14 bits per heavy atom. The van der Waals surface area contributed by atoms with Gasteiger partial charge in [-0.25, -0.2) is 0 Å². The highest BCUT2D eigenvalue weighted by Gasteiger charge is 2.11. The van der Waals surface area contributed by atoms with E-state index in [1.807, 2.05) is 31.2 Å². The number of amides is 1. The average molecular weight is 284 g/mol. The molecule has 0 bridgehead atoms. The van der Waals surface area contributed by atoms with Gasteiger partial charge in [-0.1, -0.05) is 31.2 Å². The van der Waals surface area contributed by atoms with E-state index >= 15 is 0 Å². The zero-order valence-corrected chi connectivity index (χ0v) is 12.0. The molecule has 2 aromatic rings. The van der Waals surface area contributed by atoms with Gasteiger partial charge in [0, 0.05) is 18.7 Å². The van der Waals surface area contributed by atoms with E-state index in [9.17, 15) is 9.90 Å². The molecule has 0 radical (unpaired) electrons. The summed E-state index contributed by atoms with van der Waals surface area (Å²) < 4.78 is 0. The summed E-state index contributed by atoms with van der Waals surface area (Å²) in [7, 11) is 0. The summed E-state index contributed by atoms with van der Waals surface area (Å²) in [6.45, 7) is 2.49. The largest absolute Gasteiger partial charge is 0.508 e. The van der Waals surface area contributed by atoms with Gasteiger partial charge in [0.05, 0.1) is 0 Å². The topological polar surface area (TPSA) is 75.3 Å². The molecule has 0 fully saturated rings. The first-order valence-electron chi connectivity index (χ1n) is 6.94. The molecule has 0 aliphatic rings. The van der Waals surface area contributed by atoms with Crippen LogP contribution < -0.4 is 11.1 Å². The Kier molecular flexibility index (Phi) is 4.82. The highest BCUT2D eigenvalue weighted by molar-refractivity contribution is 5.76. The molecule has 0 saturated carbocycles. The molecule has 4 heteroatoms. The third kappa shape index (κ3) is 4.53. The third-order valence-electron chi connectivity index (χ3n) is 3.42. The summed E-state index contributed by atoms with van der Waals surface area (Å²) in [5.74, 6) is 0.375. The number of rotatable bonds is 5. The lowest BCUT2D eigenvalue weighted by atomic mass is 9.97. The van der Waals surface area contributed by atoms with Crippen molar-refractivity contribution in [3.05, 3.63) is 59.7 Å². The zero-order chi connectivity index (χ0) is 15.2. The number of nitrogens with two attached hydrogens (primary N) is 1. The van der Waals surface area contributed by atoms with Gasteiger partial charge in [0.25, 0.3) is 0 Å². The molecule has 21 heavy (non-hydrogen) atoms. The molecule has 0 saturated heterocycles. The van der Waals surface area contributed by atoms with Crippen LogP contribution in [0.3, 0.4) is 0 Å². The van der Waals surface area contributed by atoms with Crippen LogP contribution in [0.2, 0.25) is 0 Å². The van der Waals surface area contributed by atoms with Gasteiger partial charge in [0.1, 0.15) is 5.75 Å². The second kappa shape index (κ2) is 6.79. The predicted octanol–water partition coefficient (Wildman–Crippen LogP) is 2.78. The van der Waals surface area contributed by atoms with Crippen LogP contribution in [0.15, 0.2) is 48.5 Å². The maximum Gasteiger partial charge on any atom is 0.220 e. The van der Waals surface area contributed by atoms with E-state index in [1.54, 1.807) is 24.3 Å². The Hall–Kier alpha value is -2.49. The highest BCUT2D eigenvalue weighted by atomic mass is 16.3. The number of nitrogens with one attached hydrogen (secondary N) is 1. The SMILES string of the molecule is CC(CC(=O)NCc1ccc(O)cc1)c1ccc(N)cc1. The van der Waals surface area contributed by atoms with E-state index in [2.05, 4.69) is 5.32 Å². The summed E-state index contributed by atoms with van der Waals surface area (Å²) in [6, 6.07) is 14.4. The van der Waals surface area contributed by atoms with Crippen molar-refractivity contribution in [3.63, 3.8) is 0 Å². The van der Waals surface area contributed by atoms with Gasteiger partial charge in [-0.2, -0.15) is 0 Å². The van der Waals surface area contributed by atoms with Crippen molar-refractivity contribution in [1.29, 1.82) is 0 Å². The molecule has 110 valence electrons. The number of anilines is 1. The number of hydrogen-bond donors (Lipinski definition) is 3. The number of carbonyl (C=O) groups excluding carboxylic acids is 1. The van der Waals surface area contributed by atoms with E-state index in [1.165, 1.54) is 0 Å². The standard InChI is InChI=1S/C17H20N2O2/c1-12(14-4-6-15(18)7-5-14)10-17(21)19-11-13-2-8-16(20)9-3-13/h2-9,12,20H,10-11,18H2,1H3,(H,19,21). The average Bonchev–Trinajstić information content (AvgIpc) is 2.47. The Balaban J connectivity index is 1.83. The van der Waals surface area contributed by atoms with Crippen LogP contribution in [0.25, 0.3) is 0 Å². The predicted molar refractivity (Wildman–Crippen MR) is 83.8 cm³/mol. The number of hydrogen-bond acceptors (Lipinski definition) is 3. The second-order valence-corrected chi connectivity index (χ2v) is 5.22. The van der Waals surface area contributed by atoms with Crippen molar-refractivity contribution in [3.8, 4) is 5.75 Å². The quantitative estimate of drug-likeness (QED) is 0.739. The smallest absolute Gasteiger partial charge is 0.220 e. The number of aromatic hydroxyl groups is 1. The lowest BCUT2D eigenvalue weighted by Crippen LogP contribution is -2.24. The molecule has 1 unspecified atom stereocenters. The van der Waals surface area contributed by atoms with Crippen LogP contribution in [0, 0.1) is 0 Å².